The second kappa shape index (κ2) is 12.3. The Hall–Kier alpha value is -3.16. The van der Waals surface area contributed by atoms with Crippen molar-refractivity contribution in [3.8, 4) is 0 Å². The lowest BCUT2D eigenvalue weighted by atomic mass is 9.86. The first-order valence-electron chi connectivity index (χ1n) is 14.5. The number of aliphatic hydroxyl groups is 1. The summed E-state index contributed by atoms with van der Waals surface area (Å²) in [7, 11) is 0. The molecule has 0 unspecified atom stereocenters. The summed E-state index contributed by atoms with van der Waals surface area (Å²) >= 11 is 0. The number of urea groups is 1. The van der Waals surface area contributed by atoms with Gasteiger partial charge in [0, 0.05) is 44.7 Å². The van der Waals surface area contributed by atoms with Gasteiger partial charge in [-0.15, -0.1) is 6.58 Å². The molecule has 2 saturated heterocycles. The first kappa shape index (κ1) is 27.4. The summed E-state index contributed by atoms with van der Waals surface area (Å²) < 4.78 is 0. The third kappa shape index (κ3) is 6.04. The number of nitrogens with one attached hydrogen (secondary N) is 1. The number of amides is 3. The maximum absolute atomic E-state index is 13.4. The van der Waals surface area contributed by atoms with E-state index in [1.165, 1.54) is 0 Å². The van der Waals surface area contributed by atoms with E-state index in [9.17, 15) is 14.7 Å². The van der Waals surface area contributed by atoms with E-state index >= 15 is 0 Å². The molecule has 208 valence electrons. The molecule has 1 saturated carbocycles. The van der Waals surface area contributed by atoms with Crippen LogP contribution in [-0.2, 0) is 16.9 Å². The molecule has 7 heteroatoms. The molecular formula is C32H42N4O3. The van der Waals surface area contributed by atoms with E-state index in [1.807, 2.05) is 70.5 Å². The quantitative estimate of drug-likeness (QED) is 0.503. The Bertz CT molecular complexity index is 1110. The molecule has 1 aliphatic carbocycles. The van der Waals surface area contributed by atoms with Crippen LogP contribution in [0.5, 0.6) is 0 Å². The molecule has 3 amide bonds. The van der Waals surface area contributed by atoms with Crippen LogP contribution in [0, 0.1) is 5.92 Å². The Kier molecular flexibility index (Phi) is 8.68. The van der Waals surface area contributed by atoms with Crippen molar-refractivity contribution >= 4 is 11.9 Å². The fraction of sp³-hybridized carbons (Fsp3) is 0.500. The number of β-amino-alcohol motifs (C(OH)–C–C–N with tert-alkyl or cyclic N) is 1. The van der Waals surface area contributed by atoms with Gasteiger partial charge in [-0.05, 0) is 36.8 Å². The van der Waals surface area contributed by atoms with Crippen LogP contribution in [0.15, 0.2) is 73.3 Å². The highest BCUT2D eigenvalue weighted by Crippen LogP contribution is 2.39. The first-order chi connectivity index (χ1) is 19.0. The minimum absolute atomic E-state index is 0.0767. The molecule has 2 aromatic carbocycles. The van der Waals surface area contributed by atoms with E-state index in [2.05, 4.69) is 16.8 Å². The molecule has 3 aliphatic rings. The van der Waals surface area contributed by atoms with Gasteiger partial charge in [-0.2, -0.15) is 0 Å². The van der Waals surface area contributed by atoms with E-state index in [4.69, 9.17) is 0 Å². The summed E-state index contributed by atoms with van der Waals surface area (Å²) in [6.45, 7) is 7.26. The van der Waals surface area contributed by atoms with E-state index in [0.717, 1.165) is 62.7 Å². The lowest BCUT2D eigenvalue weighted by Gasteiger charge is -2.43. The van der Waals surface area contributed by atoms with Gasteiger partial charge in [-0.3, -0.25) is 9.69 Å². The van der Waals surface area contributed by atoms with Gasteiger partial charge in [-0.25, -0.2) is 4.79 Å². The van der Waals surface area contributed by atoms with Crippen molar-refractivity contribution in [2.45, 2.75) is 62.8 Å². The van der Waals surface area contributed by atoms with Crippen molar-refractivity contribution in [3.63, 3.8) is 0 Å². The lowest BCUT2D eigenvalue weighted by Crippen LogP contribution is -2.56. The maximum Gasteiger partial charge on any atom is 0.318 e. The molecule has 3 fully saturated rings. The SMILES string of the molecule is C=CCN(C(=O)NCc1ccccc1)C1CCN([C@H]2CN(C(=O)C3CCCC3)C[C@]2(O)c2ccccc2)CC1. The smallest absolute Gasteiger partial charge is 0.318 e. The van der Waals surface area contributed by atoms with Gasteiger partial charge in [0.1, 0.15) is 5.60 Å². The molecule has 0 radical (unpaired) electrons. The third-order valence-electron chi connectivity index (χ3n) is 8.92. The van der Waals surface area contributed by atoms with Crippen molar-refractivity contribution in [1.29, 1.82) is 0 Å². The second-order valence-corrected chi connectivity index (χ2v) is 11.4. The minimum Gasteiger partial charge on any atom is -0.382 e. The lowest BCUT2D eigenvalue weighted by molar-refractivity contribution is -0.135. The van der Waals surface area contributed by atoms with Gasteiger partial charge >= 0.3 is 6.03 Å². The molecule has 2 aliphatic heterocycles. The second-order valence-electron chi connectivity index (χ2n) is 11.4. The van der Waals surface area contributed by atoms with Crippen molar-refractivity contribution in [2.75, 3.05) is 32.7 Å². The number of carbonyl (C=O) groups excluding carboxylic acids is 2. The highest BCUT2D eigenvalue weighted by Gasteiger charge is 2.51. The zero-order valence-electron chi connectivity index (χ0n) is 22.9. The van der Waals surface area contributed by atoms with E-state index in [1.54, 1.807) is 6.08 Å². The molecule has 7 nitrogen and oxygen atoms in total. The van der Waals surface area contributed by atoms with Crippen LogP contribution in [0.2, 0.25) is 0 Å². The van der Waals surface area contributed by atoms with Crippen molar-refractivity contribution < 1.29 is 14.7 Å². The van der Waals surface area contributed by atoms with Crippen LogP contribution in [0.4, 0.5) is 4.79 Å². The molecule has 2 N–H and O–H groups in total. The summed E-state index contributed by atoms with van der Waals surface area (Å²) in [4.78, 5) is 32.7. The predicted octanol–water partition coefficient (Wildman–Crippen LogP) is 4.14. The predicted molar refractivity (Wildman–Crippen MR) is 153 cm³/mol. The Morgan fingerprint density at radius 1 is 1.00 bits per heavy atom. The highest BCUT2D eigenvalue weighted by molar-refractivity contribution is 5.79. The standard InChI is InChI=1S/C32H42N4O3/c1-2-19-36(31(38)33-22-25-11-5-3-6-12-25)28-17-20-34(21-18-28)29-23-35(30(37)26-13-9-10-14-26)24-32(29,39)27-15-7-4-8-16-27/h2-8,11-12,15-16,26,28-29,39H,1,9-10,13-14,17-24H2,(H,33,38)/t29-,32-/m0/s1. The number of hydrogen-bond donors (Lipinski definition) is 2. The topological polar surface area (TPSA) is 76.1 Å². The molecule has 39 heavy (non-hydrogen) atoms. The molecule has 5 rings (SSSR count). The van der Waals surface area contributed by atoms with Crippen LogP contribution in [-0.4, -0.2) is 76.6 Å². The summed E-state index contributed by atoms with van der Waals surface area (Å²) in [5.74, 6) is 0.294. The Labute approximate surface area is 232 Å². The Morgan fingerprint density at radius 2 is 1.64 bits per heavy atom. The highest BCUT2D eigenvalue weighted by atomic mass is 16.3. The zero-order valence-corrected chi connectivity index (χ0v) is 22.9. The molecule has 2 heterocycles. The largest absolute Gasteiger partial charge is 0.382 e. The average molecular weight is 531 g/mol. The van der Waals surface area contributed by atoms with Crippen LogP contribution >= 0.6 is 0 Å². The van der Waals surface area contributed by atoms with Gasteiger partial charge in [0.25, 0.3) is 0 Å². The summed E-state index contributed by atoms with van der Waals surface area (Å²) in [6.07, 6.45) is 7.55. The van der Waals surface area contributed by atoms with Gasteiger partial charge in [0.15, 0.2) is 0 Å². The van der Waals surface area contributed by atoms with Gasteiger partial charge in [0.2, 0.25) is 5.91 Å². The van der Waals surface area contributed by atoms with Gasteiger partial charge < -0.3 is 20.2 Å². The Balaban J connectivity index is 1.26. The molecule has 0 bridgehead atoms. The number of likely N-dealkylation sites (tertiary alicyclic amines) is 2. The number of rotatable bonds is 8. The normalized spacial score (nSPS) is 24.5. The van der Waals surface area contributed by atoms with Crippen LogP contribution in [0.1, 0.15) is 49.7 Å². The van der Waals surface area contributed by atoms with Crippen LogP contribution < -0.4 is 5.32 Å². The van der Waals surface area contributed by atoms with Crippen molar-refractivity contribution in [3.05, 3.63) is 84.4 Å². The molecule has 0 spiro atoms. The number of hydrogen-bond acceptors (Lipinski definition) is 4. The number of benzene rings is 2. The third-order valence-corrected chi connectivity index (χ3v) is 8.92. The van der Waals surface area contributed by atoms with E-state index in [-0.39, 0.29) is 29.9 Å². The number of piperidine rings is 1. The molecular weight excluding hydrogens is 488 g/mol. The summed E-state index contributed by atoms with van der Waals surface area (Å²) in [5.41, 5.74) is 0.820. The molecule has 2 aromatic rings. The van der Waals surface area contributed by atoms with Crippen LogP contribution in [0.3, 0.4) is 0 Å². The Morgan fingerprint density at radius 3 is 2.28 bits per heavy atom. The fourth-order valence-corrected chi connectivity index (χ4v) is 6.77. The number of nitrogens with zero attached hydrogens (tertiary/aromatic N) is 3. The van der Waals surface area contributed by atoms with Crippen molar-refractivity contribution in [1.82, 2.24) is 20.0 Å². The molecule has 0 aromatic heterocycles. The fourth-order valence-electron chi connectivity index (χ4n) is 6.77. The van der Waals surface area contributed by atoms with Crippen LogP contribution in [0.25, 0.3) is 0 Å². The zero-order chi connectivity index (χ0) is 27.2. The van der Waals surface area contributed by atoms with Gasteiger partial charge in [0.05, 0.1) is 12.6 Å². The van der Waals surface area contributed by atoms with Crippen molar-refractivity contribution in [2.24, 2.45) is 5.92 Å². The van der Waals surface area contributed by atoms with E-state index in [0.29, 0.717) is 26.2 Å². The monoisotopic (exact) mass is 530 g/mol. The first-order valence-corrected chi connectivity index (χ1v) is 14.5. The number of carbonyl (C=O) groups is 2. The minimum atomic E-state index is -1.11. The van der Waals surface area contributed by atoms with Gasteiger partial charge in [-0.1, -0.05) is 79.6 Å². The maximum atomic E-state index is 13.4. The summed E-state index contributed by atoms with van der Waals surface area (Å²) in [5, 5.41) is 15.2. The van der Waals surface area contributed by atoms with E-state index < -0.39 is 5.60 Å². The average Bonchev–Trinajstić information content (AvgIpc) is 3.65. The molecule has 2 atom stereocenters. The summed E-state index contributed by atoms with van der Waals surface area (Å²) in [6, 6.07) is 19.6.